The normalized spacial score (nSPS) is 14.9. The lowest BCUT2D eigenvalue weighted by atomic mass is 9.98. The topological polar surface area (TPSA) is 45.9 Å². The zero-order valence-corrected chi connectivity index (χ0v) is 20.0. The van der Waals surface area contributed by atoms with Gasteiger partial charge in [0, 0.05) is 59.5 Å². The van der Waals surface area contributed by atoms with E-state index in [1.54, 1.807) is 13.2 Å². The molecule has 0 N–H and O–H groups in total. The average molecular weight is 453 g/mol. The first kappa shape index (κ1) is 22.3. The molecule has 32 heavy (non-hydrogen) atoms. The Bertz CT molecular complexity index is 1200. The number of fused-ring (bicyclic) bond motifs is 1. The Balaban J connectivity index is 1.55. The van der Waals surface area contributed by atoms with Crippen LogP contribution in [0.3, 0.4) is 0 Å². The molecule has 5 nitrogen and oxygen atoms in total. The van der Waals surface area contributed by atoms with Crippen LogP contribution in [0.1, 0.15) is 29.4 Å². The van der Waals surface area contributed by atoms with Crippen LogP contribution in [0.25, 0.3) is 16.5 Å². The predicted molar refractivity (Wildman–Crippen MR) is 131 cm³/mol. The molecule has 2 heterocycles. The van der Waals surface area contributed by atoms with E-state index in [1.165, 1.54) is 0 Å². The molecule has 0 unspecified atom stereocenters. The zero-order valence-electron chi connectivity index (χ0n) is 19.3. The molecule has 0 spiro atoms. The number of halogens is 1. The maximum Gasteiger partial charge on any atom is 0.246 e. The number of aryl methyl sites for hydroxylation is 3. The number of furan rings is 1. The number of methoxy groups -OCH3 is 1. The van der Waals surface area contributed by atoms with Crippen LogP contribution in [-0.4, -0.2) is 44.1 Å². The summed E-state index contributed by atoms with van der Waals surface area (Å²) in [5.74, 6) is 1.67. The highest BCUT2D eigenvalue weighted by atomic mass is 35.5. The Labute approximate surface area is 194 Å². The van der Waals surface area contributed by atoms with E-state index in [0.29, 0.717) is 13.1 Å². The molecule has 2 aromatic carbocycles. The number of nitrogens with zero attached hydrogens (tertiary/aromatic N) is 2. The number of hydrogen-bond donors (Lipinski definition) is 0. The van der Waals surface area contributed by atoms with Crippen molar-refractivity contribution >= 4 is 39.7 Å². The van der Waals surface area contributed by atoms with Gasteiger partial charge in [-0.15, -0.1) is 0 Å². The Morgan fingerprint density at radius 2 is 1.81 bits per heavy atom. The van der Waals surface area contributed by atoms with Crippen molar-refractivity contribution in [3.8, 4) is 5.75 Å². The van der Waals surface area contributed by atoms with Crippen LogP contribution < -0.4 is 9.64 Å². The number of hydrogen-bond acceptors (Lipinski definition) is 4. The van der Waals surface area contributed by atoms with Crippen molar-refractivity contribution in [2.45, 2.75) is 27.7 Å². The minimum atomic E-state index is 0.0214. The van der Waals surface area contributed by atoms with E-state index in [4.69, 9.17) is 20.8 Å². The maximum atomic E-state index is 13.0. The zero-order chi connectivity index (χ0) is 23.0. The summed E-state index contributed by atoms with van der Waals surface area (Å²) in [6.07, 6.45) is 1.72. The smallest absolute Gasteiger partial charge is 0.246 e. The number of ether oxygens (including phenoxy) is 1. The number of piperazine rings is 1. The number of allylic oxidation sites excluding steroid dienone is 1. The van der Waals surface area contributed by atoms with E-state index < -0.39 is 0 Å². The van der Waals surface area contributed by atoms with Gasteiger partial charge in [-0.2, -0.15) is 0 Å². The van der Waals surface area contributed by atoms with Gasteiger partial charge in [0.25, 0.3) is 0 Å². The molecular weight excluding hydrogens is 424 g/mol. The Hall–Kier alpha value is -2.92. The fourth-order valence-corrected chi connectivity index (χ4v) is 4.56. The number of benzene rings is 2. The van der Waals surface area contributed by atoms with Gasteiger partial charge in [-0.05, 0) is 63.1 Å². The van der Waals surface area contributed by atoms with E-state index in [1.807, 2.05) is 43.9 Å². The van der Waals surface area contributed by atoms with E-state index in [-0.39, 0.29) is 5.91 Å². The number of carbonyl (C=O) groups is 1. The molecule has 1 fully saturated rings. The molecule has 1 aliphatic heterocycles. The monoisotopic (exact) mass is 452 g/mol. The third-order valence-corrected chi connectivity index (χ3v) is 6.62. The lowest BCUT2D eigenvalue weighted by molar-refractivity contribution is -0.126. The van der Waals surface area contributed by atoms with Crippen LogP contribution in [0.15, 0.2) is 40.8 Å². The SMILES string of the molecule is COc1c(/C(C)=C/C(=O)N2CCN(c3cccc(Cl)c3)CC2)cc2c(C)c(C)oc2c1C. The van der Waals surface area contributed by atoms with E-state index in [2.05, 4.69) is 24.0 Å². The first-order chi connectivity index (χ1) is 15.3. The largest absolute Gasteiger partial charge is 0.496 e. The van der Waals surface area contributed by atoms with Crippen LogP contribution >= 0.6 is 11.6 Å². The first-order valence-corrected chi connectivity index (χ1v) is 11.2. The third-order valence-electron chi connectivity index (χ3n) is 6.38. The highest BCUT2D eigenvalue weighted by molar-refractivity contribution is 6.30. The molecule has 168 valence electrons. The van der Waals surface area contributed by atoms with Crippen molar-refractivity contribution in [2.75, 3.05) is 38.2 Å². The Morgan fingerprint density at radius 3 is 2.47 bits per heavy atom. The molecular formula is C26H29ClN2O3. The summed E-state index contributed by atoms with van der Waals surface area (Å²) < 4.78 is 11.7. The second-order valence-electron chi connectivity index (χ2n) is 8.36. The molecule has 1 amide bonds. The average Bonchev–Trinajstić information content (AvgIpc) is 3.08. The molecule has 0 atom stereocenters. The summed E-state index contributed by atoms with van der Waals surface area (Å²) in [5, 5.41) is 1.79. The first-order valence-electron chi connectivity index (χ1n) is 10.9. The van der Waals surface area contributed by atoms with Gasteiger partial charge in [0.05, 0.1) is 7.11 Å². The Kier molecular flexibility index (Phi) is 6.20. The van der Waals surface area contributed by atoms with Crippen molar-refractivity contribution in [1.82, 2.24) is 4.90 Å². The number of rotatable bonds is 4. The number of carbonyl (C=O) groups excluding carboxylic acids is 1. The molecule has 0 aliphatic carbocycles. The van der Waals surface area contributed by atoms with Crippen molar-refractivity contribution in [1.29, 1.82) is 0 Å². The second-order valence-corrected chi connectivity index (χ2v) is 8.80. The van der Waals surface area contributed by atoms with Crippen LogP contribution in [0, 0.1) is 20.8 Å². The summed E-state index contributed by atoms with van der Waals surface area (Å²) in [4.78, 5) is 17.2. The predicted octanol–water partition coefficient (Wildman–Crippen LogP) is 5.77. The molecule has 0 bridgehead atoms. The van der Waals surface area contributed by atoms with Gasteiger partial charge in [0.15, 0.2) is 0 Å². The van der Waals surface area contributed by atoms with Gasteiger partial charge < -0.3 is 19.0 Å². The van der Waals surface area contributed by atoms with Crippen LogP contribution in [0.5, 0.6) is 5.75 Å². The van der Waals surface area contributed by atoms with Crippen LogP contribution in [-0.2, 0) is 4.79 Å². The lowest BCUT2D eigenvalue weighted by Crippen LogP contribution is -2.48. The van der Waals surface area contributed by atoms with Gasteiger partial charge in [-0.1, -0.05) is 17.7 Å². The summed E-state index contributed by atoms with van der Waals surface area (Å²) in [6, 6.07) is 9.92. The van der Waals surface area contributed by atoms with E-state index >= 15 is 0 Å². The summed E-state index contributed by atoms with van der Waals surface area (Å²) in [6.45, 7) is 10.9. The molecule has 1 saturated heterocycles. The Morgan fingerprint density at radius 1 is 1.09 bits per heavy atom. The van der Waals surface area contributed by atoms with Crippen molar-refractivity contribution in [3.05, 3.63) is 63.9 Å². The maximum absolute atomic E-state index is 13.0. The highest BCUT2D eigenvalue weighted by Gasteiger charge is 2.22. The molecule has 6 heteroatoms. The fourth-order valence-electron chi connectivity index (χ4n) is 4.38. The van der Waals surface area contributed by atoms with Crippen LogP contribution in [0.4, 0.5) is 5.69 Å². The minimum absolute atomic E-state index is 0.0214. The third kappa shape index (κ3) is 4.09. The van der Waals surface area contributed by atoms with Crippen molar-refractivity contribution < 1.29 is 13.9 Å². The van der Waals surface area contributed by atoms with E-state index in [9.17, 15) is 4.79 Å². The van der Waals surface area contributed by atoms with Gasteiger partial charge in [-0.3, -0.25) is 4.79 Å². The fraction of sp³-hybridized carbons (Fsp3) is 0.346. The molecule has 1 aliphatic rings. The van der Waals surface area contributed by atoms with Crippen molar-refractivity contribution in [2.24, 2.45) is 0 Å². The van der Waals surface area contributed by atoms with Gasteiger partial charge in [0.1, 0.15) is 17.1 Å². The molecule has 1 aromatic heterocycles. The highest BCUT2D eigenvalue weighted by Crippen LogP contribution is 2.38. The van der Waals surface area contributed by atoms with Gasteiger partial charge in [0.2, 0.25) is 5.91 Å². The minimum Gasteiger partial charge on any atom is -0.496 e. The number of anilines is 1. The molecule has 3 aromatic rings. The summed E-state index contributed by atoms with van der Waals surface area (Å²) in [5.41, 5.74) is 5.81. The number of amides is 1. The van der Waals surface area contributed by atoms with Crippen LogP contribution in [0.2, 0.25) is 5.02 Å². The lowest BCUT2D eigenvalue weighted by Gasteiger charge is -2.35. The summed E-state index contributed by atoms with van der Waals surface area (Å²) in [7, 11) is 1.66. The van der Waals surface area contributed by atoms with Gasteiger partial charge in [-0.25, -0.2) is 0 Å². The molecule has 4 rings (SSSR count). The summed E-state index contributed by atoms with van der Waals surface area (Å²) >= 11 is 6.13. The molecule has 0 saturated carbocycles. The van der Waals surface area contributed by atoms with Crippen molar-refractivity contribution in [3.63, 3.8) is 0 Å². The molecule has 0 radical (unpaired) electrons. The second kappa shape index (κ2) is 8.91. The van der Waals surface area contributed by atoms with Gasteiger partial charge >= 0.3 is 0 Å². The van der Waals surface area contributed by atoms with E-state index in [0.717, 1.165) is 68.5 Å². The standard InChI is InChI=1S/C26H29ClN2O3/c1-16(22-15-23-17(2)19(4)32-26(23)18(3)25(22)31-5)13-24(30)29-11-9-28(10-12-29)21-8-6-7-20(27)14-21/h6-8,13-15H,9-12H2,1-5H3/b16-13+. The quantitative estimate of drug-likeness (QED) is 0.471.